The largest absolute Gasteiger partial charge is 1.00 e. The van der Waals surface area contributed by atoms with E-state index in [9.17, 15) is 0 Å². The van der Waals surface area contributed by atoms with Gasteiger partial charge in [0.25, 0.3) is 0 Å². The Kier molecular flexibility index (Phi) is 8.10. The standard InChI is InChI=1S/C3H9OSi.C2H5.Al.ClH/c1-5(2,3)4;1-2;;/h1-3H3;1H2,2H3;;1H/q-1;;+2;/p-1. The molecule has 0 aliphatic heterocycles. The van der Waals surface area contributed by atoms with Crippen LogP contribution in [0.3, 0.4) is 0 Å². The Morgan fingerprint density at radius 2 is 1.78 bits per heavy atom. The molecule has 0 bridgehead atoms. The molecule has 0 N–H and O–H groups in total. The molecule has 0 fully saturated rings. The topological polar surface area (TPSA) is 9.23 Å². The van der Waals surface area contributed by atoms with Crippen molar-refractivity contribution in [3.8, 4) is 0 Å². The van der Waals surface area contributed by atoms with Crippen LogP contribution in [0.2, 0.25) is 24.9 Å². The summed E-state index contributed by atoms with van der Waals surface area (Å²) in [4.78, 5) is 0. The van der Waals surface area contributed by atoms with Gasteiger partial charge in [-0.2, -0.15) is 0 Å². The maximum atomic E-state index is 5.60. The zero-order valence-electron chi connectivity index (χ0n) is 6.57. The predicted molar refractivity (Wildman–Crippen MR) is 40.7 cm³/mol. The first-order valence-corrected chi connectivity index (χ1v) is 7.75. The average Bonchev–Trinajstić information content (AvgIpc) is 1.59. The van der Waals surface area contributed by atoms with Crippen molar-refractivity contribution in [1.29, 1.82) is 0 Å². The summed E-state index contributed by atoms with van der Waals surface area (Å²) in [5.41, 5.74) is 0. The molecule has 0 saturated carbocycles. The Morgan fingerprint density at radius 3 is 1.89 bits per heavy atom. The SMILES string of the molecule is C[CH2][Al+][O][Si](C)(C)C.[Cl-]. The summed E-state index contributed by atoms with van der Waals surface area (Å²) in [7, 11) is -1.14. The summed E-state index contributed by atoms with van der Waals surface area (Å²) in [5.74, 6) is 0. The molecule has 0 aromatic rings. The zero-order chi connectivity index (χ0) is 6.62. The third kappa shape index (κ3) is 12.2. The summed E-state index contributed by atoms with van der Waals surface area (Å²) in [6, 6.07) is 0. The van der Waals surface area contributed by atoms with Gasteiger partial charge in [0.05, 0.1) is 0 Å². The third-order valence-electron chi connectivity index (χ3n) is 0.604. The monoisotopic (exact) mass is 180 g/mol. The van der Waals surface area contributed by atoms with E-state index in [1.54, 1.807) is 0 Å². The molecule has 0 heterocycles. The van der Waals surface area contributed by atoms with Gasteiger partial charge in [0.15, 0.2) is 0 Å². The van der Waals surface area contributed by atoms with Gasteiger partial charge in [-0.05, 0) is 0 Å². The molecule has 0 rings (SSSR count). The van der Waals surface area contributed by atoms with Crippen LogP contribution in [0.25, 0.3) is 0 Å². The van der Waals surface area contributed by atoms with Gasteiger partial charge in [-0.25, -0.2) is 0 Å². The fraction of sp³-hybridized carbons (Fsp3) is 1.00. The van der Waals surface area contributed by atoms with Gasteiger partial charge >= 0.3 is 59.2 Å². The summed E-state index contributed by atoms with van der Waals surface area (Å²) >= 11 is 0.304. The van der Waals surface area contributed by atoms with Gasteiger partial charge in [0, 0.05) is 0 Å². The number of rotatable bonds is 3. The van der Waals surface area contributed by atoms with Crippen molar-refractivity contribution in [3.63, 3.8) is 0 Å². The van der Waals surface area contributed by atoms with Crippen LogP contribution < -0.4 is 12.4 Å². The van der Waals surface area contributed by atoms with Crippen molar-refractivity contribution in [2.45, 2.75) is 31.8 Å². The fourth-order valence-electron chi connectivity index (χ4n) is 0.333. The second-order valence-electron chi connectivity index (χ2n) is 2.81. The normalized spacial score (nSPS) is 9.78. The molecule has 0 unspecified atom stereocenters. The number of halogens is 1. The van der Waals surface area contributed by atoms with Crippen LogP contribution in [0.4, 0.5) is 0 Å². The van der Waals surface area contributed by atoms with Gasteiger partial charge in [-0.1, -0.05) is 0 Å². The molecular formula is C5H14AlClOSi. The van der Waals surface area contributed by atoms with Crippen LogP contribution in [0.5, 0.6) is 0 Å². The number of hydrogen-bond acceptors (Lipinski definition) is 1. The molecule has 0 amide bonds. The van der Waals surface area contributed by atoms with Crippen molar-refractivity contribution in [1.82, 2.24) is 0 Å². The fourth-order valence-corrected chi connectivity index (χ4v) is 3.00. The molecule has 54 valence electrons. The Morgan fingerprint density at radius 1 is 1.33 bits per heavy atom. The van der Waals surface area contributed by atoms with Gasteiger partial charge in [0.2, 0.25) is 0 Å². The molecule has 0 aromatic carbocycles. The van der Waals surface area contributed by atoms with E-state index in [2.05, 4.69) is 26.6 Å². The molecule has 4 heteroatoms. The minimum absolute atomic E-state index is 0. The zero-order valence-corrected chi connectivity index (χ0v) is 9.48. The minimum atomic E-state index is -1.14. The minimum Gasteiger partial charge on any atom is -1.00 e. The molecular weight excluding hydrogens is 167 g/mol. The van der Waals surface area contributed by atoms with Gasteiger partial charge in [-0.3, -0.25) is 0 Å². The molecule has 0 atom stereocenters. The second kappa shape index (κ2) is 5.76. The quantitative estimate of drug-likeness (QED) is 0.502. The smallest absolute Gasteiger partial charge is 1.00 e. The molecule has 0 spiro atoms. The first-order chi connectivity index (χ1) is 3.56. The van der Waals surface area contributed by atoms with E-state index in [0.717, 1.165) is 0 Å². The van der Waals surface area contributed by atoms with E-state index in [0.29, 0.717) is 15.6 Å². The average molecular weight is 181 g/mol. The van der Waals surface area contributed by atoms with Crippen molar-refractivity contribution < 1.29 is 15.9 Å². The van der Waals surface area contributed by atoms with Crippen molar-refractivity contribution in [2.75, 3.05) is 0 Å². The molecule has 9 heavy (non-hydrogen) atoms. The van der Waals surface area contributed by atoms with Crippen LogP contribution >= 0.6 is 0 Å². The summed E-state index contributed by atoms with van der Waals surface area (Å²) < 4.78 is 5.60. The van der Waals surface area contributed by atoms with Crippen LogP contribution in [0.15, 0.2) is 0 Å². The van der Waals surface area contributed by atoms with E-state index in [4.69, 9.17) is 3.48 Å². The Bertz CT molecular complexity index is 64.5. The van der Waals surface area contributed by atoms with Crippen molar-refractivity contribution in [2.24, 2.45) is 0 Å². The molecule has 1 nitrogen and oxygen atoms in total. The summed E-state index contributed by atoms with van der Waals surface area (Å²) in [6.07, 6.45) is 0. The van der Waals surface area contributed by atoms with Crippen LogP contribution in [0, 0.1) is 0 Å². The molecule has 0 saturated heterocycles. The first kappa shape index (κ1) is 12.7. The maximum absolute atomic E-state index is 5.60. The Labute approximate surface area is 71.8 Å². The predicted octanol–water partition coefficient (Wildman–Crippen LogP) is -1.10. The first-order valence-electron chi connectivity index (χ1n) is 3.06. The van der Waals surface area contributed by atoms with E-state index >= 15 is 0 Å². The molecule has 0 aliphatic rings. The van der Waals surface area contributed by atoms with Crippen LogP contribution in [-0.4, -0.2) is 23.9 Å². The molecule has 0 radical (unpaired) electrons. The van der Waals surface area contributed by atoms with Gasteiger partial charge < -0.3 is 12.4 Å². The Balaban J connectivity index is 0. The van der Waals surface area contributed by atoms with Crippen LogP contribution in [-0.2, 0) is 3.48 Å². The third-order valence-corrected chi connectivity index (χ3v) is 4.43. The van der Waals surface area contributed by atoms with E-state index in [1.165, 1.54) is 5.28 Å². The summed E-state index contributed by atoms with van der Waals surface area (Å²) in [5, 5.41) is 1.23. The van der Waals surface area contributed by atoms with Gasteiger partial charge in [0.1, 0.15) is 0 Å². The van der Waals surface area contributed by atoms with Crippen molar-refractivity contribution >= 4 is 23.9 Å². The molecule has 0 aromatic heterocycles. The van der Waals surface area contributed by atoms with Crippen LogP contribution in [0.1, 0.15) is 6.92 Å². The second-order valence-corrected chi connectivity index (χ2v) is 9.12. The van der Waals surface area contributed by atoms with E-state index < -0.39 is 8.32 Å². The van der Waals surface area contributed by atoms with E-state index in [1.807, 2.05) is 0 Å². The molecule has 0 aliphatic carbocycles. The van der Waals surface area contributed by atoms with Gasteiger partial charge in [-0.15, -0.1) is 0 Å². The van der Waals surface area contributed by atoms with E-state index in [-0.39, 0.29) is 12.4 Å². The number of hydrogen-bond donors (Lipinski definition) is 0. The van der Waals surface area contributed by atoms with Crippen molar-refractivity contribution in [3.05, 3.63) is 0 Å². The maximum Gasteiger partial charge on any atom is -1.00 e. The summed E-state index contributed by atoms with van der Waals surface area (Å²) in [6.45, 7) is 8.87. The Hall–Kier alpha value is 0.999.